The normalized spacial score (nSPS) is 12.0. The molecule has 1 heterocycles. The van der Waals surface area contributed by atoms with Gasteiger partial charge < -0.3 is 14.9 Å². The maximum atomic E-state index is 12.3. The number of hydrogen-bond donors (Lipinski definition) is 2. The summed E-state index contributed by atoms with van der Waals surface area (Å²) in [5.41, 5.74) is 1.82. The first kappa shape index (κ1) is 16.0. The SMILES string of the molecule is Cc1noc(C)c1C(C)C(=O)Nc1ccc(C(=O)O)c(Cl)c1. The molecular formula is C15H15ClN2O4. The highest BCUT2D eigenvalue weighted by Gasteiger charge is 2.23. The van der Waals surface area contributed by atoms with Gasteiger partial charge in [0.25, 0.3) is 0 Å². The highest BCUT2D eigenvalue weighted by molar-refractivity contribution is 6.33. The van der Waals surface area contributed by atoms with E-state index in [2.05, 4.69) is 10.5 Å². The molecule has 1 unspecified atom stereocenters. The molecule has 22 heavy (non-hydrogen) atoms. The average molecular weight is 323 g/mol. The fourth-order valence-corrected chi connectivity index (χ4v) is 2.52. The molecule has 1 amide bonds. The predicted molar refractivity (Wildman–Crippen MR) is 81.4 cm³/mol. The number of benzene rings is 1. The van der Waals surface area contributed by atoms with E-state index in [4.69, 9.17) is 21.2 Å². The summed E-state index contributed by atoms with van der Waals surface area (Å²) >= 11 is 5.88. The first-order chi connectivity index (χ1) is 10.3. The van der Waals surface area contributed by atoms with Gasteiger partial charge in [-0.15, -0.1) is 0 Å². The zero-order valence-corrected chi connectivity index (χ0v) is 13.1. The van der Waals surface area contributed by atoms with Crippen LogP contribution < -0.4 is 5.32 Å². The molecule has 0 saturated carbocycles. The molecule has 0 aliphatic rings. The molecule has 2 N–H and O–H groups in total. The number of carboxylic acids is 1. The number of anilines is 1. The molecule has 2 rings (SSSR count). The first-order valence-electron chi connectivity index (χ1n) is 6.57. The molecule has 0 fully saturated rings. The predicted octanol–water partition coefficient (Wildman–Crippen LogP) is 3.39. The largest absolute Gasteiger partial charge is 0.478 e. The van der Waals surface area contributed by atoms with Gasteiger partial charge >= 0.3 is 5.97 Å². The highest BCUT2D eigenvalue weighted by Crippen LogP contribution is 2.26. The fraction of sp³-hybridized carbons (Fsp3) is 0.267. The van der Waals surface area contributed by atoms with E-state index in [-0.39, 0.29) is 16.5 Å². The van der Waals surface area contributed by atoms with Crippen LogP contribution in [0.4, 0.5) is 5.69 Å². The summed E-state index contributed by atoms with van der Waals surface area (Å²) in [6.45, 7) is 5.26. The van der Waals surface area contributed by atoms with Gasteiger partial charge in [0.15, 0.2) is 0 Å². The number of rotatable bonds is 4. The van der Waals surface area contributed by atoms with Crippen LogP contribution in [0.5, 0.6) is 0 Å². The number of nitrogens with one attached hydrogen (secondary N) is 1. The number of aryl methyl sites for hydroxylation is 2. The van der Waals surface area contributed by atoms with Gasteiger partial charge in [-0.3, -0.25) is 4.79 Å². The quantitative estimate of drug-likeness (QED) is 0.900. The minimum absolute atomic E-state index is 0.0153. The second kappa shape index (κ2) is 6.19. The lowest BCUT2D eigenvalue weighted by molar-refractivity contribution is -0.117. The van der Waals surface area contributed by atoms with E-state index >= 15 is 0 Å². The topological polar surface area (TPSA) is 92.4 Å². The Balaban J connectivity index is 2.19. The number of aromatic nitrogens is 1. The van der Waals surface area contributed by atoms with Crippen molar-refractivity contribution in [1.82, 2.24) is 5.16 Å². The van der Waals surface area contributed by atoms with E-state index in [0.717, 1.165) is 5.56 Å². The van der Waals surface area contributed by atoms with Crippen molar-refractivity contribution in [3.05, 3.63) is 45.8 Å². The standard InChI is InChI=1S/C15H15ClN2O4/c1-7(13-8(2)18-22-9(13)3)14(19)17-10-4-5-11(15(20)21)12(16)6-10/h4-7H,1-3H3,(H,17,19)(H,20,21). The molecular weight excluding hydrogens is 308 g/mol. The van der Waals surface area contributed by atoms with Crippen LogP contribution in [0, 0.1) is 13.8 Å². The summed E-state index contributed by atoms with van der Waals surface area (Å²) in [4.78, 5) is 23.2. The van der Waals surface area contributed by atoms with Crippen LogP contribution in [0.25, 0.3) is 0 Å². The van der Waals surface area contributed by atoms with Crippen LogP contribution in [0.1, 0.15) is 40.2 Å². The van der Waals surface area contributed by atoms with Crippen LogP contribution in [-0.2, 0) is 4.79 Å². The monoisotopic (exact) mass is 322 g/mol. The Kier molecular flexibility index (Phi) is 4.51. The van der Waals surface area contributed by atoms with Gasteiger partial charge in [0.2, 0.25) is 5.91 Å². The molecule has 0 aliphatic heterocycles. The number of carbonyl (C=O) groups excluding carboxylic acids is 1. The molecule has 1 aromatic heterocycles. The maximum absolute atomic E-state index is 12.3. The highest BCUT2D eigenvalue weighted by atomic mass is 35.5. The maximum Gasteiger partial charge on any atom is 0.337 e. The van der Waals surface area contributed by atoms with Gasteiger partial charge in [-0.05, 0) is 39.0 Å². The lowest BCUT2D eigenvalue weighted by atomic mass is 9.98. The molecule has 116 valence electrons. The Morgan fingerprint density at radius 2 is 2.05 bits per heavy atom. The molecule has 0 spiro atoms. The molecule has 0 saturated heterocycles. The van der Waals surface area contributed by atoms with Crippen LogP contribution in [0.15, 0.2) is 22.7 Å². The number of halogens is 1. The van der Waals surface area contributed by atoms with E-state index < -0.39 is 11.9 Å². The molecule has 0 aliphatic carbocycles. The second-order valence-corrected chi connectivity index (χ2v) is 5.36. The summed E-state index contributed by atoms with van der Waals surface area (Å²) in [6.07, 6.45) is 0. The third-order valence-electron chi connectivity index (χ3n) is 3.38. The molecule has 0 bridgehead atoms. The number of carbonyl (C=O) groups is 2. The Morgan fingerprint density at radius 3 is 2.55 bits per heavy atom. The zero-order chi connectivity index (χ0) is 16.4. The van der Waals surface area contributed by atoms with E-state index in [9.17, 15) is 9.59 Å². The number of nitrogens with zero attached hydrogens (tertiary/aromatic N) is 1. The average Bonchev–Trinajstić information content (AvgIpc) is 2.77. The third kappa shape index (κ3) is 3.12. The minimum atomic E-state index is -1.12. The number of aromatic carboxylic acids is 1. The summed E-state index contributed by atoms with van der Waals surface area (Å²) < 4.78 is 5.06. The van der Waals surface area contributed by atoms with Crippen LogP contribution >= 0.6 is 11.6 Å². The Bertz CT molecular complexity index is 720. The van der Waals surface area contributed by atoms with E-state index in [1.54, 1.807) is 20.8 Å². The Labute approximate surface area is 132 Å². The van der Waals surface area contributed by atoms with Gasteiger partial charge in [0.1, 0.15) is 5.76 Å². The first-order valence-corrected chi connectivity index (χ1v) is 6.95. The zero-order valence-electron chi connectivity index (χ0n) is 12.3. The number of hydrogen-bond acceptors (Lipinski definition) is 4. The van der Waals surface area contributed by atoms with Crippen molar-refractivity contribution in [2.45, 2.75) is 26.7 Å². The summed E-state index contributed by atoms with van der Waals surface area (Å²) in [6, 6.07) is 4.25. The molecule has 1 atom stereocenters. The van der Waals surface area contributed by atoms with E-state index in [0.29, 0.717) is 17.1 Å². The fourth-order valence-electron chi connectivity index (χ4n) is 2.26. The van der Waals surface area contributed by atoms with Gasteiger partial charge in [-0.25, -0.2) is 4.79 Å². The summed E-state index contributed by atoms with van der Waals surface area (Å²) in [5.74, 6) is -1.23. The van der Waals surface area contributed by atoms with Crippen molar-refractivity contribution >= 4 is 29.2 Å². The van der Waals surface area contributed by atoms with Crippen molar-refractivity contribution in [3.8, 4) is 0 Å². The minimum Gasteiger partial charge on any atom is -0.478 e. The van der Waals surface area contributed by atoms with E-state index in [1.807, 2.05) is 0 Å². The van der Waals surface area contributed by atoms with E-state index in [1.165, 1.54) is 18.2 Å². The van der Waals surface area contributed by atoms with Gasteiger partial charge in [0, 0.05) is 11.3 Å². The van der Waals surface area contributed by atoms with Crippen molar-refractivity contribution < 1.29 is 19.2 Å². The molecule has 2 aromatic rings. The van der Waals surface area contributed by atoms with Gasteiger partial charge in [0.05, 0.1) is 22.2 Å². The Morgan fingerprint density at radius 1 is 1.36 bits per heavy atom. The van der Waals surface area contributed by atoms with Crippen molar-refractivity contribution in [2.24, 2.45) is 0 Å². The molecule has 0 radical (unpaired) electrons. The molecule has 6 nitrogen and oxygen atoms in total. The van der Waals surface area contributed by atoms with Crippen molar-refractivity contribution in [1.29, 1.82) is 0 Å². The molecule has 1 aromatic carbocycles. The third-order valence-corrected chi connectivity index (χ3v) is 3.69. The van der Waals surface area contributed by atoms with Crippen LogP contribution in [0.2, 0.25) is 5.02 Å². The van der Waals surface area contributed by atoms with Gasteiger partial charge in [-0.1, -0.05) is 16.8 Å². The smallest absolute Gasteiger partial charge is 0.337 e. The lowest BCUT2D eigenvalue weighted by Gasteiger charge is -2.12. The number of amides is 1. The molecule has 7 heteroatoms. The lowest BCUT2D eigenvalue weighted by Crippen LogP contribution is -2.19. The number of carboxylic acid groups (broad SMARTS) is 1. The Hall–Kier alpha value is -2.34. The summed E-state index contributed by atoms with van der Waals surface area (Å²) in [7, 11) is 0. The van der Waals surface area contributed by atoms with Crippen LogP contribution in [-0.4, -0.2) is 22.1 Å². The van der Waals surface area contributed by atoms with Crippen LogP contribution in [0.3, 0.4) is 0 Å². The van der Waals surface area contributed by atoms with Crippen molar-refractivity contribution in [2.75, 3.05) is 5.32 Å². The second-order valence-electron chi connectivity index (χ2n) is 4.95. The van der Waals surface area contributed by atoms with Gasteiger partial charge in [-0.2, -0.15) is 0 Å². The van der Waals surface area contributed by atoms with Crippen molar-refractivity contribution in [3.63, 3.8) is 0 Å². The summed E-state index contributed by atoms with van der Waals surface area (Å²) in [5, 5.41) is 15.5.